The van der Waals surface area contributed by atoms with E-state index in [1.807, 2.05) is 6.08 Å². The maximum Gasteiger partial charge on any atom is 0.249 e. The molecule has 0 aromatic rings. The Morgan fingerprint density at radius 2 is 0.885 bits per heavy atom. The van der Waals surface area contributed by atoms with Crippen LogP contribution in [0.1, 0.15) is 206 Å². The first-order chi connectivity index (χ1) is 25.5. The van der Waals surface area contributed by atoms with Crippen LogP contribution in [0.15, 0.2) is 48.6 Å². The second kappa shape index (κ2) is 40.5. The highest BCUT2D eigenvalue weighted by Crippen LogP contribution is 2.15. The van der Waals surface area contributed by atoms with Gasteiger partial charge in [0.15, 0.2) is 0 Å². The van der Waals surface area contributed by atoms with Crippen molar-refractivity contribution in [3.05, 3.63) is 48.6 Å². The van der Waals surface area contributed by atoms with Crippen molar-refractivity contribution in [2.45, 2.75) is 231 Å². The molecule has 4 atom stereocenters. The van der Waals surface area contributed by atoms with Gasteiger partial charge < -0.3 is 25.7 Å². The summed E-state index contributed by atoms with van der Waals surface area (Å²) in [5.41, 5.74) is 0. The first-order valence-corrected chi connectivity index (χ1v) is 22.0. The zero-order valence-electron chi connectivity index (χ0n) is 34.0. The molecule has 4 unspecified atom stereocenters. The van der Waals surface area contributed by atoms with E-state index >= 15 is 0 Å². The third kappa shape index (κ3) is 34.1. The summed E-state index contributed by atoms with van der Waals surface area (Å²) in [7, 11) is 0. The van der Waals surface area contributed by atoms with E-state index in [2.05, 4.69) is 55.6 Å². The quantitative estimate of drug-likeness (QED) is 0.0319. The number of aliphatic hydroxyl groups excluding tert-OH is 4. The smallest absolute Gasteiger partial charge is 0.249 e. The van der Waals surface area contributed by atoms with Gasteiger partial charge in [-0.3, -0.25) is 4.79 Å². The molecule has 304 valence electrons. The van der Waals surface area contributed by atoms with Crippen LogP contribution < -0.4 is 5.32 Å². The molecule has 52 heavy (non-hydrogen) atoms. The van der Waals surface area contributed by atoms with E-state index in [1.54, 1.807) is 6.08 Å². The van der Waals surface area contributed by atoms with E-state index in [4.69, 9.17) is 0 Å². The van der Waals surface area contributed by atoms with Gasteiger partial charge in [-0.15, -0.1) is 0 Å². The SMILES string of the molecule is CCCCCCCC/C=C\C/C=C\CC(O)C(=O)NC(CO)C(O)C(O)CCC/C=C/CC/C=C/CCCCCCCCCCCCCCCCC. The topological polar surface area (TPSA) is 110 Å². The molecule has 0 saturated heterocycles. The molecule has 0 spiro atoms. The van der Waals surface area contributed by atoms with Crippen LogP contribution in [0, 0.1) is 0 Å². The standard InChI is InChI=1S/C46H85NO5/c1-3-5-7-9-11-13-15-17-18-19-20-21-22-23-24-25-26-27-28-30-31-33-35-37-39-43(49)45(51)42(41-48)47-46(52)44(50)40-38-36-34-32-29-16-14-12-10-8-6-4-2/h26-27,29,31-33,36,38,42-45,48-51H,3-25,28,30,34-35,37,39-41H2,1-2H3,(H,47,52)/b27-26+,32-29-,33-31+,38-36-. The number of rotatable bonds is 39. The van der Waals surface area contributed by atoms with Crippen LogP contribution in [0.4, 0.5) is 0 Å². The first kappa shape index (κ1) is 50.3. The predicted octanol–water partition coefficient (Wildman–Crippen LogP) is 11.5. The minimum absolute atomic E-state index is 0.148. The zero-order valence-corrected chi connectivity index (χ0v) is 34.0. The van der Waals surface area contributed by atoms with Gasteiger partial charge in [0.25, 0.3) is 0 Å². The molecule has 1 amide bonds. The summed E-state index contributed by atoms with van der Waals surface area (Å²) in [6, 6.07) is -1.04. The second-order valence-corrected chi connectivity index (χ2v) is 15.0. The Bertz CT molecular complexity index is 869. The van der Waals surface area contributed by atoms with E-state index in [1.165, 1.54) is 141 Å². The Morgan fingerprint density at radius 3 is 1.35 bits per heavy atom. The number of allylic oxidation sites excluding steroid dienone is 7. The molecule has 0 heterocycles. The minimum atomic E-state index is -1.31. The van der Waals surface area contributed by atoms with E-state index in [0.29, 0.717) is 12.8 Å². The van der Waals surface area contributed by atoms with Gasteiger partial charge >= 0.3 is 0 Å². The van der Waals surface area contributed by atoms with Crippen LogP contribution in [0.2, 0.25) is 0 Å². The highest BCUT2D eigenvalue weighted by atomic mass is 16.3. The van der Waals surface area contributed by atoms with Crippen molar-refractivity contribution >= 4 is 5.91 Å². The van der Waals surface area contributed by atoms with Crippen molar-refractivity contribution in [2.24, 2.45) is 0 Å². The average Bonchev–Trinajstić information content (AvgIpc) is 3.15. The molecular weight excluding hydrogens is 647 g/mol. The molecule has 0 aliphatic carbocycles. The number of hydrogen-bond donors (Lipinski definition) is 5. The average molecular weight is 732 g/mol. The van der Waals surface area contributed by atoms with E-state index in [9.17, 15) is 25.2 Å². The molecule has 5 N–H and O–H groups in total. The molecule has 0 radical (unpaired) electrons. The molecule has 6 nitrogen and oxygen atoms in total. The number of aliphatic hydroxyl groups is 4. The number of nitrogens with one attached hydrogen (secondary N) is 1. The fourth-order valence-electron chi connectivity index (χ4n) is 6.46. The number of carbonyl (C=O) groups excluding carboxylic acids is 1. The van der Waals surface area contributed by atoms with Gasteiger partial charge in [0, 0.05) is 6.42 Å². The van der Waals surface area contributed by atoms with Crippen LogP contribution in [0.3, 0.4) is 0 Å². The summed E-state index contributed by atoms with van der Waals surface area (Å²) in [4.78, 5) is 12.4. The lowest BCUT2D eigenvalue weighted by Gasteiger charge is -2.27. The molecular formula is C46H85NO5. The summed E-state index contributed by atoms with van der Waals surface area (Å²) in [6.07, 6.45) is 48.9. The summed E-state index contributed by atoms with van der Waals surface area (Å²) in [6.45, 7) is 3.99. The summed E-state index contributed by atoms with van der Waals surface area (Å²) in [5, 5.41) is 43.4. The van der Waals surface area contributed by atoms with Gasteiger partial charge in [-0.05, 0) is 64.2 Å². The van der Waals surface area contributed by atoms with Crippen LogP contribution in [-0.4, -0.2) is 57.3 Å². The molecule has 0 bridgehead atoms. The van der Waals surface area contributed by atoms with Crippen molar-refractivity contribution in [1.82, 2.24) is 5.32 Å². The fraction of sp³-hybridized carbons (Fsp3) is 0.804. The number of unbranched alkanes of at least 4 members (excludes halogenated alkanes) is 23. The predicted molar refractivity (Wildman–Crippen MR) is 223 cm³/mol. The summed E-state index contributed by atoms with van der Waals surface area (Å²) in [5.74, 6) is -0.666. The minimum Gasteiger partial charge on any atom is -0.394 e. The molecule has 0 aromatic heterocycles. The molecule has 0 aliphatic heterocycles. The van der Waals surface area contributed by atoms with Crippen LogP contribution >= 0.6 is 0 Å². The summed E-state index contributed by atoms with van der Waals surface area (Å²) >= 11 is 0. The highest BCUT2D eigenvalue weighted by molar-refractivity contribution is 5.81. The van der Waals surface area contributed by atoms with Crippen LogP contribution in [0.25, 0.3) is 0 Å². The van der Waals surface area contributed by atoms with Gasteiger partial charge in [-0.2, -0.15) is 0 Å². The van der Waals surface area contributed by atoms with Crippen molar-refractivity contribution < 1.29 is 25.2 Å². The molecule has 0 aromatic carbocycles. The van der Waals surface area contributed by atoms with Gasteiger partial charge in [0.05, 0.1) is 18.8 Å². The Morgan fingerprint density at radius 1 is 0.500 bits per heavy atom. The molecule has 6 heteroatoms. The number of amides is 1. The van der Waals surface area contributed by atoms with E-state index in [0.717, 1.165) is 32.1 Å². The van der Waals surface area contributed by atoms with E-state index < -0.39 is 36.9 Å². The van der Waals surface area contributed by atoms with Gasteiger partial charge in [-0.25, -0.2) is 0 Å². The zero-order chi connectivity index (χ0) is 38.2. The third-order valence-corrected chi connectivity index (χ3v) is 10.0. The Kier molecular flexibility index (Phi) is 39.1. The van der Waals surface area contributed by atoms with Gasteiger partial charge in [-0.1, -0.05) is 184 Å². The summed E-state index contributed by atoms with van der Waals surface area (Å²) < 4.78 is 0. The molecule has 0 rings (SSSR count). The normalized spacial score (nSPS) is 14.7. The number of hydrogen-bond acceptors (Lipinski definition) is 5. The Hall–Kier alpha value is -1.73. The molecule has 0 fully saturated rings. The van der Waals surface area contributed by atoms with Crippen molar-refractivity contribution in [1.29, 1.82) is 0 Å². The Labute approximate surface area is 321 Å². The van der Waals surface area contributed by atoms with Gasteiger partial charge in [0.2, 0.25) is 5.91 Å². The molecule has 0 saturated carbocycles. The van der Waals surface area contributed by atoms with Gasteiger partial charge in [0.1, 0.15) is 12.2 Å². The van der Waals surface area contributed by atoms with Crippen LogP contribution in [-0.2, 0) is 4.79 Å². The lowest BCUT2D eigenvalue weighted by Crippen LogP contribution is -2.52. The van der Waals surface area contributed by atoms with E-state index in [-0.39, 0.29) is 6.42 Å². The lowest BCUT2D eigenvalue weighted by molar-refractivity contribution is -0.132. The second-order valence-electron chi connectivity index (χ2n) is 15.0. The first-order valence-electron chi connectivity index (χ1n) is 22.0. The van der Waals surface area contributed by atoms with Crippen molar-refractivity contribution in [3.8, 4) is 0 Å². The molecule has 0 aliphatic rings. The monoisotopic (exact) mass is 732 g/mol. The van der Waals surface area contributed by atoms with Crippen molar-refractivity contribution in [2.75, 3.05) is 6.61 Å². The van der Waals surface area contributed by atoms with Crippen LogP contribution in [0.5, 0.6) is 0 Å². The third-order valence-electron chi connectivity index (χ3n) is 10.0. The number of carbonyl (C=O) groups is 1. The fourth-order valence-corrected chi connectivity index (χ4v) is 6.46. The largest absolute Gasteiger partial charge is 0.394 e. The maximum absolute atomic E-state index is 12.4. The Balaban J connectivity index is 3.83. The lowest BCUT2D eigenvalue weighted by atomic mass is 10.0. The maximum atomic E-state index is 12.4. The van der Waals surface area contributed by atoms with Crippen molar-refractivity contribution in [3.63, 3.8) is 0 Å². The highest BCUT2D eigenvalue weighted by Gasteiger charge is 2.28.